The molecule has 4 unspecified atom stereocenters. The third-order valence-electron chi connectivity index (χ3n) is 7.62. The van der Waals surface area contributed by atoms with Gasteiger partial charge in [-0.2, -0.15) is 0 Å². The Balaban J connectivity index is 1.66. The average Bonchev–Trinajstić information content (AvgIpc) is 3.13. The largest absolute Gasteiger partial charge is 0.430 e. The van der Waals surface area contributed by atoms with E-state index in [0.717, 1.165) is 74.0 Å². The van der Waals surface area contributed by atoms with E-state index < -0.39 is 5.41 Å². The fourth-order valence-corrected chi connectivity index (χ4v) is 6.60. The van der Waals surface area contributed by atoms with Crippen LogP contribution in [0.2, 0.25) is 0 Å². The minimum Gasteiger partial charge on any atom is -0.430 e. The molecule has 0 N–H and O–H groups in total. The van der Waals surface area contributed by atoms with Crippen molar-refractivity contribution >= 4 is 11.9 Å². The van der Waals surface area contributed by atoms with Gasteiger partial charge in [0, 0.05) is 17.1 Å². The van der Waals surface area contributed by atoms with Gasteiger partial charge in [0.2, 0.25) is 0 Å². The van der Waals surface area contributed by atoms with Gasteiger partial charge in [-0.05, 0) is 56.6 Å². The Kier molecular flexibility index (Phi) is 3.98. The molecule has 28 heavy (non-hydrogen) atoms. The molecule has 1 saturated heterocycles. The number of carbonyl (C=O) groups excluding carboxylic acids is 2. The second kappa shape index (κ2) is 6.20. The zero-order valence-corrected chi connectivity index (χ0v) is 16.8. The third-order valence-corrected chi connectivity index (χ3v) is 7.62. The van der Waals surface area contributed by atoms with Crippen LogP contribution in [-0.4, -0.2) is 11.9 Å². The molecule has 2 aliphatic heterocycles. The highest BCUT2D eigenvalue weighted by Crippen LogP contribution is 2.80. The molecule has 0 bridgehead atoms. The summed E-state index contributed by atoms with van der Waals surface area (Å²) in [6.07, 6.45) is 15.8. The lowest BCUT2D eigenvalue weighted by Gasteiger charge is -2.65. The Labute approximate surface area is 166 Å². The molecule has 5 rings (SSSR count). The molecular formula is C24H28O4. The minimum atomic E-state index is -0.579. The lowest BCUT2D eigenvalue weighted by molar-refractivity contribution is -0.171. The number of cyclic esters (lactones) is 2. The van der Waals surface area contributed by atoms with Gasteiger partial charge in [-0.25, -0.2) is 4.79 Å². The van der Waals surface area contributed by atoms with Crippen molar-refractivity contribution in [2.24, 2.45) is 22.7 Å². The number of allylic oxidation sites excluding steroid dienone is 5. The average molecular weight is 380 g/mol. The number of esters is 2. The first-order valence-corrected chi connectivity index (χ1v) is 10.9. The normalized spacial score (nSPS) is 40.6. The Bertz CT molecular complexity index is 873. The molecule has 3 aliphatic carbocycles. The number of rotatable bonds is 4. The summed E-state index contributed by atoms with van der Waals surface area (Å²) in [7, 11) is 0. The fourth-order valence-electron chi connectivity index (χ4n) is 6.60. The van der Waals surface area contributed by atoms with Crippen LogP contribution >= 0.6 is 0 Å². The van der Waals surface area contributed by atoms with Crippen molar-refractivity contribution in [1.29, 1.82) is 0 Å². The van der Waals surface area contributed by atoms with Gasteiger partial charge in [0.25, 0.3) is 0 Å². The van der Waals surface area contributed by atoms with Gasteiger partial charge in [0.1, 0.15) is 16.9 Å². The standard InChI is InChI=1S/C24H28O4/c1-3-5-9-17-15-11-12-16-20(19(15)21(25)27-17)24-14-8-7-13-23(16,24)22(26)28-18(24)10-6-4-2/h7,9-10,13,16,20H,3-6,8,11-12,14H2,1-2H3/b17-9-,18-10-. The summed E-state index contributed by atoms with van der Waals surface area (Å²) in [4.78, 5) is 26.1. The van der Waals surface area contributed by atoms with Crippen molar-refractivity contribution in [3.63, 3.8) is 0 Å². The number of fused-ring (bicyclic) bond motifs is 2. The first-order chi connectivity index (χ1) is 13.6. The Hall–Kier alpha value is -2.10. The van der Waals surface area contributed by atoms with Crippen molar-refractivity contribution in [1.82, 2.24) is 0 Å². The number of hydrogen-bond acceptors (Lipinski definition) is 4. The summed E-state index contributed by atoms with van der Waals surface area (Å²) in [5, 5.41) is 0. The van der Waals surface area contributed by atoms with Crippen molar-refractivity contribution in [2.75, 3.05) is 0 Å². The minimum absolute atomic E-state index is 0.0378. The monoisotopic (exact) mass is 380 g/mol. The number of hydrogen-bond donors (Lipinski definition) is 0. The molecule has 2 fully saturated rings. The van der Waals surface area contributed by atoms with E-state index in [1.807, 2.05) is 0 Å². The summed E-state index contributed by atoms with van der Waals surface area (Å²) < 4.78 is 11.6. The molecule has 0 aromatic heterocycles. The first-order valence-electron chi connectivity index (χ1n) is 10.9. The second-order valence-electron chi connectivity index (χ2n) is 8.79. The highest BCUT2D eigenvalue weighted by molar-refractivity contribution is 5.98. The highest BCUT2D eigenvalue weighted by Gasteiger charge is 2.82. The molecule has 0 spiro atoms. The van der Waals surface area contributed by atoms with E-state index in [1.165, 1.54) is 0 Å². The van der Waals surface area contributed by atoms with E-state index in [2.05, 4.69) is 38.2 Å². The van der Waals surface area contributed by atoms with Crippen molar-refractivity contribution in [2.45, 2.75) is 65.2 Å². The van der Waals surface area contributed by atoms with Crippen LogP contribution < -0.4 is 0 Å². The molecule has 5 aliphatic rings. The maximum Gasteiger partial charge on any atom is 0.340 e. The van der Waals surface area contributed by atoms with Crippen molar-refractivity contribution in [3.05, 3.63) is 47.0 Å². The van der Waals surface area contributed by atoms with Crippen LogP contribution in [0.5, 0.6) is 0 Å². The summed E-state index contributed by atoms with van der Waals surface area (Å²) in [6.45, 7) is 4.25. The Morgan fingerprint density at radius 2 is 1.93 bits per heavy atom. The van der Waals surface area contributed by atoms with E-state index in [0.29, 0.717) is 0 Å². The molecule has 2 heterocycles. The van der Waals surface area contributed by atoms with Crippen LogP contribution in [0.1, 0.15) is 65.2 Å². The van der Waals surface area contributed by atoms with Crippen LogP contribution in [0.25, 0.3) is 0 Å². The van der Waals surface area contributed by atoms with Crippen LogP contribution in [0.15, 0.2) is 47.0 Å². The van der Waals surface area contributed by atoms with Gasteiger partial charge < -0.3 is 9.47 Å². The van der Waals surface area contributed by atoms with Gasteiger partial charge in [-0.1, -0.05) is 38.8 Å². The molecule has 4 nitrogen and oxygen atoms in total. The fraction of sp³-hybridized carbons (Fsp3) is 0.583. The smallest absolute Gasteiger partial charge is 0.340 e. The predicted molar refractivity (Wildman–Crippen MR) is 105 cm³/mol. The lowest BCUT2D eigenvalue weighted by atomic mass is 9.33. The van der Waals surface area contributed by atoms with E-state index in [-0.39, 0.29) is 29.2 Å². The lowest BCUT2D eigenvalue weighted by Crippen LogP contribution is -2.67. The van der Waals surface area contributed by atoms with E-state index >= 15 is 0 Å². The van der Waals surface area contributed by atoms with E-state index in [4.69, 9.17) is 9.47 Å². The van der Waals surface area contributed by atoms with Gasteiger partial charge in [0.05, 0.1) is 5.41 Å². The molecule has 0 aromatic carbocycles. The highest BCUT2D eigenvalue weighted by atomic mass is 16.6. The maximum atomic E-state index is 13.1. The molecule has 1 saturated carbocycles. The van der Waals surface area contributed by atoms with E-state index in [9.17, 15) is 9.59 Å². The zero-order chi connectivity index (χ0) is 19.5. The Morgan fingerprint density at radius 3 is 2.71 bits per heavy atom. The van der Waals surface area contributed by atoms with Crippen LogP contribution in [0, 0.1) is 22.7 Å². The summed E-state index contributed by atoms with van der Waals surface area (Å²) in [5.41, 5.74) is 0.958. The SMILES string of the molecule is CCC/C=C1\OC(=O)C2=C1CCC1C2C23CCC=CC12C(=O)O/C3=C\CCC. The van der Waals surface area contributed by atoms with Crippen molar-refractivity contribution in [3.8, 4) is 0 Å². The van der Waals surface area contributed by atoms with Crippen LogP contribution in [-0.2, 0) is 19.1 Å². The summed E-state index contributed by atoms with van der Waals surface area (Å²) >= 11 is 0. The third kappa shape index (κ3) is 1.92. The molecule has 4 heteroatoms. The second-order valence-corrected chi connectivity index (χ2v) is 8.79. The predicted octanol–water partition coefficient (Wildman–Crippen LogP) is 5.13. The molecule has 0 amide bonds. The summed E-state index contributed by atoms with van der Waals surface area (Å²) in [6, 6.07) is 0. The van der Waals surface area contributed by atoms with Crippen LogP contribution in [0.4, 0.5) is 0 Å². The summed E-state index contributed by atoms with van der Waals surface area (Å²) in [5.74, 6) is 1.46. The topological polar surface area (TPSA) is 52.6 Å². The number of ether oxygens (including phenoxy) is 2. The van der Waals surface area contributed by atoms with Gasteiger partial charge in [-0.3, -0.25) is 4.79 Å². The molecule has 148 valence electrons. The number of carbonyl (C=O) groups is 2. The van der Waals surface area contributed by atoms with Crippen molar-refractivity contribution < 1.29 is 19.1 Å². The quantitative estimate of drug-likeness (QED) is 0.501. The molecular weight excluding hydrogens is 352 g/mol. The Morgan fingerprint density at radius 1 is 1.14 bits per heavy atom. The number of unbranched alkanes of at least 4 members (excludes halogenated alkanes) is 2. The molecule has 4 atom stereocenters. The van der Waals surface area contributed by atoms with Gasteiger partial charge >= 0.3 is 11.9 Å². The maximum absolute atomic E-state index is 13.1. The van der Waals surface area contributed by atoms with Crippen LogP contribution in [0.3, 0.4) is 0 Å². The zero-order valence-electron chi connectivity index (χ0n) is 16.8. The molecule has 0 aromatic rings. The van der Waals surface area contributed by atoms with Gasteiger partial charge in [0.15, 0.2) is 0 Å². The molecule has 0 radical (unpaired) electrons. The van der Waals surface area contributed by atoms with E-state index in [1.54, 1.807) is 0 Å². The van der Waals surface area contributed by atoms with Gasteiger partial charge in [-0.15, -0.1) is 0 Å². The first kappa shape index (κ1) is 18.0.